The smallest absolute Gasteiger partial charge is 0.0698 e. The van der Waals surface area contributed by atoms with Crippen LogP contribution in [0.1, 0.15) is 26.2 Å². The lowest BCUT2D eigenvalue weighted by atomic mass is 10.1. The van der Waals surface area contributed by atoms with Gasteiger partial charge >= 0.3 is 0 Å². The van der Waals surface area contributed by atoms with Crippen molar-refractivity contribution in [1.82, 2.24) is 5.32 Å². The van der Waals surface area contributed by atoms with Gasteiger partial charge in [0.2, 0.25) is 0 Å². The first-order valence-corrected chi connectivity index (χ1v) is 5.25. The molecule has 0 amide bonds. The van der Waals surface area contributed by atoms with Crippen LogP contribution in [0, 0.1) is 5.92 Å². The van der Waals surface area contributed by atoms with Crippen LogP contribution in [0.3, 0.4) is 0 Å². The van der Waals surface area contributed by atoms with E-state index in [-0.39, 0.29) is 6.61 Å². The van der Waals surface area contributed by atoms with Crippen LogP contribution in [0.25, 0.3) is 0 Å². The maximum Gasteiger partial charge on any atom is 0.0698 e. The Bertz CT molecular complexity index is 130. The van der Waals surface area contributed by atoms with Gasteiger partial charge in [-0.2, -0.15) is 0 Å². The number of aliphatic hydroxyl groups excluding tert-OH is 1. The number of nitrogens with one attached hydrogen (secondary N) is 1. The Morgan fingerprint density at radius 2 is 2.23 bits per heavy atom. The van der Waals surface area contributed by atoms with Crippen molar-refractivity contribution < 1.29 is 9.84 Å². The third-order valence-corrected chi connectivity index (χ3v) is 2.61. The maximum atomic E-state index is 8.47. The van der Waals surface area contributed by atoms with Crippen molar-refractivity contribution in [2.45, 2.75) is 32.2 Å². The Kier molecular flexibility index (Phi) is 5.35. The predicted molar refractivity (Wildman–Crippen MR) is 52.7 cm³/mol. The van der Waals surface area contributed by atoms with Gasteiger partial charge in [-0.3, -0.25) is 0 Å². The van der Waals surface area contributed by atoms with Crippen molar-refractivity contribution in [2.75, 3.05) is 26.4 Å². The van der Waals surface area contributed by atoms with Gasteiger partial charge < -0.3 is 15.2 Å². The Morgan fingerprint density at radius 1 is 1.38 bits per heavy atom. The molecule has 1 fully saturated rings. The molecule has 3 nitrogen and oxygen atoms in total. The first-order valence-electron chi connectivity index (χ1n) is 5.25. The highest BCUT2D eigenvalue weighted by Crippen LogP contribution is 2.24. The molecule has 2 N–H and O–H groups in total. The van der Waals surface area contributed by atoms with Crippen LogP contribution >= 0.6 is 0 Å². The highest BCUT2D eigenvalue weighted by Gasteiger charge is 2.19. The highest BCUT2D eigenvalue weighted by molar-refractivity contribution is 4.77. The minimum absolute atomic E-state index is 0.125. The Balaban J connectivity index is 1.88. The second-order valence-electron chi connectivity index (χ2n) is 3.91. The van der Waals surface area contributed by atoms with Gasteiger partial charge in [-0.15, -0.1) is 0 Å². The fraction of sp³-hybridized carbons (Fsp3) is 1.00. The normalized spacial score (nSPS) is 28.2. The summed E-state index contributed by atoms with van der Waals surface area (Å²) in [4.78, 5) is 0. The van der Waals surface area contributed by atoms with E-state index in [0.29, 0.717) is 19.3 Å². The summed E-state index contributed by atoms with van der Waals surface area (Å²) >= 11 is 0. The molecule has 0 saturated heterocycles. The molecule has 1 aliphatic rings. The molecule has 1 saturated carbocycles. The molecule has 0 aromatic rings. The van der Waals surface area contributed by atoms with Gasteiger partial charge in [-0.05, 0) is 25.2 Å². The number of rotatable bonds is 6. The third-order valence-electron chi connectivity index (χ3n) is 2.61. The van der Waals surface area contributed by atoms with E-state index in [4.69, 9.17) is 9.84 Å². The zero-order valence-corrected chi connectivity index (χ0v) is 8.46. The van der Waals surface area contributed by atoms with Crippen molar-refractivity contribution in [2.24, 2.45) is 5.92 Å². The minimum atomic E-state index is 0.125. The average Bonchev–Trinajstić information content (AvgIpc) is 2.51. The van der Waals surface area contributed by atoms with E-state index in [9.17, 15) is 0 Å². The largest absolute Gasteiger partial charge is 0.394 e. The molecule has 0 aliphatic heterocycles. The minimum Gasteiger partial charge on any atom is -0.394 e. The van der Waals surface area contributed by atoms with E-state index >= 15 is 0 Å². The third kappa shape index (κ3) is 4.60. The van der Waals surface area contributed by atoms with Gasteiger partial charge in [0, 0.05) is 12.6 Å². The van der Waals surface area contributed by atoms with E-state index in [2.05, 4.69) is 12.2 Å². The van der Waals surface area contributed by atoms with E-state index in [1.807, 2.05) is 0 Å². The lowest BCUT2D eigenvalue weighted by molar-refractivity contribution is 0.0926. The van der Waals surface area contributed by atoms with Crippen molar-refractivity contribution in [3.05, 3.63) is 0 Å². The molecule has 78 valence electrons. The second kappa shape index (κ2) is 6.35. The van der Waals surface area contributed by atoms with Crippen LogP contribution in [0.2, 0.25) is 0 Å². The topological polar surface area (TPSA) is 41.5 Å². The fourth-order valence-corrected chi connectivity index (χ4v) is 1.89. The summed E-state index contributed by atoms with van der Waals surface area (Å²) in [6.07, 6.45) is 3.97. The molecular formula is C10H21NO2. The first kappa shape index (κ1) is 11.0. The van der Waals surface area contributed by atoms with E-state index in [1.54, 1.807) is 0 Å². The zero-order valence-electron chi connectivity index (χ0n) is 8.46. The second-order valence-corrected chi connectivity index (χ2v) is 3.91. The van der Waals surface area contributed by atoms with Crippen LogP contribution in [0.15, 0.2) is 0 Å². The lowest BCUT2D eigenvalue weighted by Gasteiger charge is -2.11. The molecule has 2 atom stereocenters. The van der Waals surface area contributed by atoms with E-state index in [0.717, 1.165) is 12.5 Å². The van der Waals surface area contributed by atoms with Crippen LogP contribution < -0.4 is 5.32 Å². The first-order chi connectivity index (χ1) is 6.33. The molecule has 1 rings (SSSR count). The molecule has 1 aliphatic carbocycles. The van der Waals surface area contributed by atoms with Crippen LogP contribution in [0.5, 0.6) is 0 Å². The van der Waals surface area contributed by atoms with Crippen LogP contribution in [-0.4, -0.2) is 37.5 Å². The van der Waals surface area contributed by atoms with Crippen molar-refractivity contribution in [3.63, 3.8) is 0 Å². The summed E-state index contributed by atoms with van der Waals surface area (Å²) in [6, 6.07) is 0.702. The lowest BCUT2D eigenvalue weighted by Crippen LogP contribution is -2.30. The summed E-state index contributed by atoms with van der Waals surface area (Å²) < 4.78 is 5.16. The molecular weight excluding hydrogens is 166 g/mol. The predicted octanol–water partition coefficient (Wildman–Crippen LogP) is 0.773. The van der Waals surface area contributed by atoms with Crippen molar-refractivity contribution >= 4 is 0 Å². The van der Waals surface area contributed by atoms with Gasteiger partial charge in [0.15, 0.2) is 0 Å². The molecule has 0 radical (unpaired) electrons. The Labute approximate surface area is 80.5 Å². The van der Waals surface area contributed by atoms with Crippen LogP contribution in [-0.2, 0) is 4.74 Å². The quantitative estimate of drug-likeness (QED) is 0.604. The molecule has 13 heavy (non-hydrogen) atoms. The summed E-state index contributed by atoms with van der Waals surface area (Å²) in [5.74, 6) is 0.885. The van der Waals surface area contributed by atoms with Crippen LogP contribution in [0.4, 0.5) is 0 Å². The van der Waals surface area contributed by atoms with Gasteiger partial charge in [-0.25, -0.2) is 0 Å². The number of ether oxygens (including phenoxy) is 1. The summed E-state index contributed by atoms with van der Waals surface area (Å²) in [7, 11) is 0. The highest BCUT2D eigenvalue weighted by atomic mass is 16.5. The fourth-order valence-electron chi connectivity index (χ4n) is 1.89. The molecule has 0 spiro atoms. The maximum absolute atomic E-state index is 8.47. The van der Waals surface area contributed by atoms with Crippen molar-refractivity contribution in [1.29, 1.82) is 0 Å². The molecule has 0 unspecified atom stereocenters. The van der Waals surface area contributed by atoms with Crippen molar-refractivity contribution in [3.8, 4) is 0 Å². The SMILES string of the molecule is C[C@H]1CC[C@H](NCCOCCO)C1. The van der Waals surface area contributed by atoms with Gasteiger partial charge in [0.05, 0.1) is 19.8 Å². The zero-order chi connectivity index (χ0) is 9.52. The van der Waals surface area contributed by atoms with E-state index in [1.165, 1.54) is 19.3 Å². The average molecular weight is 187 g/mol. The molecule has 0 bridgehead atoms. The van der Waals surface area contributed by atoms with Gasteiger partial charge in [0.25, 0.3) is 0 Å². The summed E-state index contributed by atoms with van der Waals surface area (Å²) in [5, 5.41) is 11.9. The number of hydrogen-bond donors (Lipinski definition) is 2. The number of hydrogen-bond acceptors (Lipinski definition) is 3. The summed E-state index contributed by atoms with van der Waals surface area (Å²) in [5.41, 5.74) is 0. The monoisotopic (exact) mass is 187 g/mol. The molecule has 0 aromatic heterocycles. The molecule has 0 heterocycles. The van der Waals surface area contributed by atoms with E-state index < -0.39 is 0 Å². The van der Waals surface area contributed by atoms with Gasteiger partial charge in [0.1, 0.15) is 0 Å². The summed E-state index contributed by atoms with van der Waals surface area (Å²) in [6.45, 7) is 4.52. The van der Waals surface area contributed by atoms with Gasteiger partial charge in [-0.1, -0.05) is 6.92 Å². The Hall–Kier alpha value is -0.120. The molecule has 0 aromatic carbocycles. The Morgan fingerprint density at radius 3 is 2.85 bits per heavy atom. The molecule has 3 heteroatoms. The number of aliphatic hydroxyl groups is 1. The standard InChI is InChI=1S/C10H21NO2/c1-9-2-3-10(8-9)11-4-6-13-7-5-12/h9-12H,2-8H2,1H3/t9-,10-/m0/s1.